The van der Waals surface area contributed by atoms with Crippen LogP contribution in [-0.4, -0.2) is 17.4 Å². The van der Waals surface area contributed by atoms with Crippen LogP contribution in [0.25, 0.3) is 0 Å². The van der Waals surface area contributed by atoms with Crippen molar-refractivity contribution in [3.8, 4) is 0 Å². The Bertz CT molecular complexity index is 633. The summed E-state index contributed by atoms with van der Waals surface area (Å²) in [6, 6.07) is 10.3. The van der Waals surface area contributed by atoms with Crippen LogP contribution < -0.4 is 11.1 Å². The van der Waals surface area contributed by atoms with Crippen molar-refractivity contribution in [2.24, 2.45) is 5.73 Å². The summed E-state index contributed by atoms with van der Waals surface area (Å²) >= 11 is 0. The predicted octanol–water partition coefficient (Wildman–Crippen LogP) is 2.88. The molecule has 0 unspecified atom stereocenters. The highest BCUT2D eigenvalue weighted by Crippen LogP contribution is 2.25. The van der Waals surface area contributed by atoms with Gasteiger partial charge >= 0.3 is 0 Å². The number of nitrogens with two attached hydrogens (primary N) is 1. The number of carbonyl (C=O) groups is 1. The molecular weight excluding hydrogens is 262 g/mol. The van der Waals surface area contributed by atoms with Gasteiger partial charge in [0.25, 0.3) is 5.91 Å². The molecule has 4 heteroatoms. The Labute approximate surface area is 125 Å². The summed E-state index contributed by atoms with van der Waals surface area (Å²) in [6.45, 7) is 7.09. The molecule has 1 aromatic heterocycles. The molecule has 0 saturated carbocycles. The van der Waals surface area contributed by atoms with Gasteiger partial charge in [0.1, 0.15) is 0 Å². The molecule has 0 aliphatic rings. The van der Waals surface area contributed by atoms with Crippen LogP contribution in [0.2, 0.25) is 0 Å². The van der Waals surface area contributed by atoms with Crippen LogP contribution in [0.1, 0.15) is 35.3 Å². The predicted molar refractivity (Wildman–Crippen MR) is 85.4 cm³/mol. The van der Waals surface area contributed by atoms with Crippen molar-refractivity contribution in [1.29, 1.82) is 0 Å². The monoisotopic (exact) mass is 283 g/mol. The van der Waals surface area contributed by atoms with Crippen molar-refractivity contribution in [3.63, 3.8) is 0 Å². The lowest BCUT2D eigenvalue weighted by Gasteiger charge is -2.26. The van der Waals surface area contributed by atoms with Gasteiger partial charge in [-0.25, -0.2) is 0 Å². The molecule has 1 heterocycles. The number of rotatable bonds is 5. The third-order valence-corrected chi connectivity index (χ3v) is 3.64. The SMILES string of the molecule is Cc1ccc(C(C)(C)CNc2ccncc2C(N)=O)cc1. The molecule has 0 saturated heterocycles. The number of nitrogens with zero attached hydrogens (tertiary/aromatic N) is 1. The summed E-state index contributed by atoms with van der Waals surface area (Å²) in [6.07, 6.45) is 3.14. The van der Waals surface area contributed by atoms with Crippen LogP contribution in [0.3, 0.4) is 0 Å². The minimum atomic E-state index is -0.473. The van der Waals surface area contributed by atoms with E-state index in [1.807, 2.05) is 0 Å². The fourth-order valence-corrected chi connectivity index (χ4v) is 2.17. The van der Waals surface area contributed by atoms with E-state index in [4.69, 9.17) is 5.73 Å². The number of benzene rings is 1. The first-order chi connectivity index (χ1) is 9.90. The quantitative estimate of drug-likeness (QED) is 0.886. The third-order valence-electron chi connectivity index (χ3n) is 3.64. The number of hydrogen-bond donors (Lipinski definition) is 2. The van der Waals surface area contributed by atoms with Gasteiger partial charge < -0.3 is 11.1 Å². The standard InChI is InChI=1S/C17H21N3O/c1-12-4-6-13(7-5-12)17(2,3)11-20-15-8-9-19-10-14(15)16(18)21/h4-10H,11H2,1-3H3,(H2,18,21)(H,19,20). The smallest absolute Gasteiger partial charge is 0.252 e. The molecule has 2 aromatic rings. The summed E-state index contributed by atoms with van der Waals surface area (Å²) in [4.78, 5) is 15.3. The minimum absolute atomic E-state index is 0.0636. The minimum Gasteiger partial charge on any atom is -0.383 e. The van der Waals surface area contributed by atoms with Gasteiger partial charge in [-0.3, -0.25) is 9.78 Å². The Morgan fingerprint density at radius 1 is 1.24 bits per heavy atom. The number of primary amides is 1. The van der Waals surface area contributed by atoms with E-state index in [9.17, 15) is 4.79 Å². The highest BCUT2D eigenvalue weighted by atomic mass is 16.1. The van der Waals surface area contributed by atoms with E-state index in [1.54, 1.807) is 12.3 Å². The van der Waals surface area contributed by atoms with Gasteiger partial charge in [-0.1, -0.05) is 43.7 Å². The number of amides is 1. The van der Waals surface area contributed by atoms with E-state index >= 15 is 0 Å². The first-order valence-corrected chi connectivity index (χ1v) is 6.95. The summed E-state index contributed by atoms with van der Waals surface area (Å²) < 4.78 is 0. The molecule has 2 rings (SSSR count). The molecule has 0 atom stereocenters. The zero-order valence-corrected chi connectivity index (χ0v) is 12.7. The van der Waals surface area contributed by atoms with Gasteiger partial charge in [-0.15, -0.1) is 0 Å². The molecule has 0 aliphatic heterocycles. The number of nitrogens with one attached hydrogen (secondary N) is 1. The summed E-state index contributed by atoms with van der Waals surface area (Å²) in [5, 5.41) is 3.31. The molecule has 4 nitrogen and oxygen atoms in total. The van der Waals surface area contributed by atoms with E-state index in [2.05, 4.69) is 55.3 Å². The number of pyridine rings is 1. The van der Waals surface area contributed by atoms with Crippen molar-refractivity contribution in [2.75, 3.05) is 11.9 Å². The topological polar surface area (TPSA) is 68.0 Å². The zero-order valence-electron chi connectivity index (χ0n) is 12.7. The van der Waals surface area contributed by atoms with Gasteiger partial charge in [-0.05, 0) is 18.6 Å². The van der Waals surface area contributed by atoms with Crippen LogP contribution in [-0.2, 0) is 5.41 Å². The first-order valence-electron chi connectivity index (χ1n) is 6.95. The lowest BCUT2D eigenvalue weighted by molar-refractivity contribution is 0.100. The average Bonchev–Trinajstić information content (AvgIpc) is 2.46. The lowest BCUT2D eigenvalue weighted by Crippen LogP contribution is -2.28. The second kappa shape index (κ2) is 5.95. The second-order valence-corrected chi connectivity index (χ2v) is 5.89. The number of aromatic nitrogens is 1. The van der Waals surface area contributed by atoms with Gasteiger partial charge in [0.2, 0.25) is 0 Å². The van der Waals surface area contributed by atoms with E-state index in [1.165, 1.54) is 17.3 Å². The third kappa shape index (κ3) is 3.60. The van der Waals surface area contributed by atoms with Crippen molar-refractivity contribution < 1.29 is 4.79 Å². The Morgan fingerprint density at radius 3 is 2.52 bits per heavy atom. The van der Waals surface area contributed by atoms with Gasteiger partial charge in [0.15, 0.2) is 0 Å². The highest BCUT2D eigenvalue weighted by molar-refractivity contribution is 5.98. The fraction of sp³-hybridized carbons (Fsp3) is 0.294. The van der Waals surface area contributed by atoms with Crippen molar-refractivity contribution in [3.05, 3.63) is 59.4 Å². The molecule has 1 aromatic carbocycles. The number of hydrogen-bond acceptors (Lipinski definition) is 3. The summed E-state index contributed by atoms with van der Waals surface area (Å²) in [5.74, 6) is -0.473. The Kier molecular flexibility index (Phi) is 4.26. The maximum Gasteiger partial charge on any atom is 0.252 e. The van der Waals surface area contributed by atoms with E-state index in [-0.39, 0.29) is 5.41 Å². The van der Waals surface area contributed by atoms with E-state index in [0.717, 1.165) is 5.69 Å². The first kappa shape index (κ1) is 15.0. The van der Waals surface area contributed by atoms with Crippen LogP contribution in [0.15, 0.2) is 42.7 Å². The van der Waals surface area contributed by atoms with Crippen molar-refractivity contribution >= 4 is 11.6 Å². The molecule has 3 N–H and O–H groups in total. The van der Waals surface area contributed by atoms with E-state index in [0.29, 0.717) is 12.1 Å². The Balaban J connectivity index is 2.15. The van der Waals surface area contributed by atoms with Crippen LogP contribution >= 0.6 is 0 Å². The maximum atomic E-state index is 11.4. The average molecular weight is 283 g/mol. The van der Waals surface area contributed by atoms with Gasteiger partial charge in [0, 0.05) is 24.4 Å². The Morgan fingerprint density at radius 2 is 1.90 bits per heavy atom. The molecule has 110 valence electrons. The number of aryl methyl sites for hydroxylation is 1. The molecule has 0 spiro atoms. The molecule has 0 bridgehead atoms. The summed E-state index contributed by atoms with van der Waals surface area (Å²) in [5.41, 5.74) is 8.92. The van der Waals surface area contributed by atoms with Crippen LogP contribution in [0.5, 0.6) is 0 Å². The van der Waals surface area contributed by atoms with Crippen LogP contribution in [0, 0.1) is 6.92 Å². The summed E-state index contributed by atoms with van der Waals surface area (Å²) in [7, 11) is 0. The normalized spacial score (nSPS) is 11.2. The van der Waals surface area contributed by atoms with Crippen LogP contribution in [0.4, 0.5) is 5.69 Å². The number of carbonyl (C=O) groups excluding carboxylic acids is 1. The molecular formula is C17H21N3O. The fourth-order valence-electron chi connectivity index (χ4n) is 2.17. The van der Waals surface area contributed by atoms with Crippen molar-refractivity contribution in [1.82, 2.24) is 4.98 Å². The molecule has 0 aliphatic carbocycles. The molecule has 0 fully saturated rings. The van der Waals surface area contributed by atoms with E-state index < -0.39 is 5.91 Å². The van der Waals surface area contributed by atoms with Gasteiger partial charge in [0.05, 0.1) is 11.3 Å². The Hall–Kier alpha value is -2.36. The number of anilines is 1. The largest absolute Gasteiger partial charge is 0.383 e. The van der Waals surface area contributed by atoms with Crippen molar-refractivity contribution in [2.45, 2.75) is 26.2 Å². The molecule has 21 heavy (non-hydrogen) atoms. The second-order valence-electron chi connectivity index (χ2n) is 5.89. The lowest BCUT2D eigenvalue weighted by atomic mass is 9.84. The highest BCUT2D eigenvalue weighted by Gasteiger charge is 2.21. The molecule has 0 radical (unpaired) electrons. The zero-order chi connectivity index (χ0) is 15.5. The molecule has 1 amide bonds. The maximum absolute atomic E-state index is 11.4. The van der Waals surface area contributed by atoms with Gasteiger partial charge in [-0.2, -0.15) is 0 Å².